The van der Waals surface area contributed by atoms with Crippen LogP contribution in [-0.2, 0) is 19.1 Å². The maximum absolute atomic E-state index is 11.9. The summed E-state index contributed by atoms with van der Waals surface area (Å²) in [7, 11) is 2.66. The molecule has 9 heteroatoms. The third-order valence-electron chi connectivity index (χ3n) is 3.85. The second kappa shape index (κ2) is 10.6. The number of rotatable bonds is 9. The van der Waals surface area contributed by atoms with Gasteiger partial charge in [0.05, 0.1) is 19.8 Å². The first kappa shape index (κ1) is 22.4. The molecule has 0 bridgehead atoms. The summed E-state index contributed by atoms with van der Waals surface area (Å²) in [6.45, 7) is 0.426. The second-order valence-corrected chi connectivity index (χ2v) is 5.99. The molecule has 0 spiro atoms. The van der Waals surface area contributed by atoms with Gasteiger partial charge in [0.2, 0.25) is 0 Å². The third-order valence-corrected chi connectivity index (χ3v) is 3.85. The summed E-state index contributed by atoms with van der Waals surface area (Å²) < 4.78 is 20.0. The molecule has 0 atom stereocenters. The van der Waals surface area contributed by atoms with Crippen LogP contribution in [0.1, 0.15) is 27.6 Å². The summed E-state index contributed by atoms with van der Waals surface area (Å²) in [6.07, 6.45) is 0. The minimum absolute atomic E-state index is 0.137. The highest BCUT2D eigenvalue weighted by Gasteiger charge is 2.13. The van der Waals surface area contributed by atoms with E-state index in [1.54, 1.807) is 18.2 Å². The van der Waals surface area contributed by atoms with Gasteiger partial charge in [0.25, 0.3) is 5.91 Å². The Labute approximate surface area is 172 Å². The van der Waals surface area contributed by atoms with E-state index >= 15 is 0 Å². The van der Waals surface area contributed by atoms with Gasteiger partial charge >= 0.3 is 11.9 Å². The Morgan fingerprint density at radius 1 is 0.900 bits per heavy atom. The van der Waals surface area contributed by atoms with Gasteiger partial charge in [-0.25, -0.2) is 9.59 Å². The molecule has 9 nitrogen and oxygen atoms in total. The molecule has 158 valence electrons. The van der Waals surface area contributed by atoms with Crippen molar-refractivity contribution in [2.24, 2.45) is 0 Å². The Morgan fingerprint density at radius 3 is 2.33 bits per heavy atom. The topological polar surface area (TPSA) is 117 Å². The van der Waals surface area contributed by atoms with E-state index in [0.29, 0.717) is 17.0 Å². The fourth-order valence-electron chi connectivity index (χ4n) is 2.37. The average Bonchev–Trinajstić information content (AvgIpc) is 2.75. The first-order chi connectivity index (χ1) is 14.3. The molecule has 2 rings (SSSR count). The highest BCUT2D eigenvalue weighted by Crippen LogP contribution is 2.28. The summed E-state index contributed by atoms with van der Waals surface area (Å²) >= 11 is 0. The minimum atomic E-state index is -0.772. The molecule has 0 aromatic heterocycles. The molecule has 0 unspecified atom stereocenters. The van der Waals surface area contributed by atoms with Gasteiger partial charge in [0.1, 0.15) is 0 Å². The standard InChI is InChI=1S/C21H21NO8/c1-13(23)14-7-8-17(18(10-14)27-2)29-12-20(25)30-11-19(24)22-16-6-4-5-15(9-16)21(26)28-3/h4-10H,11-12H2,1-3H3,(H,22,24). The number of nitrogens with one attached hydrogen (secondary N) is 1. The maximum atomic E-state index is 11.9. The van der Waals surface area contributed by atoms with Crippen molar-refractivity contribution in [2.45, 2.75) is 6.92 Å². The van der Waals surface area contributed by atoms with Gasteiger partial charge in [-0.05, 0) is 43.3 Å². The predicted molar refractivity (Wildman–Crippen MR) is 106 cm³/mol. The number of anilines is 1. The number of carbonyl (C=O) groups excluding carboxylic acids is 4. The molecule has 0 saturated heterocycles. The molecule has 0 saturated carbocycles. The van der Waals surface area contributed by atoms with Crippen LogP contribution in [0.25, 0.3) is 0 Å². The van der Waals surface area contributed by atoms with Gasteiger partial charge in [-0.1, -0.05) is 6.07 Å². The maximum Gasteiger partial charge on any atom is 0.344 e. The molecule has 0 aliphatic rings. The summed E-state index contributed by atoms with van der Waals surface area (Å²) in [4.78, 5) is 46.7. The molecular weight excluding hydrogens is 394 g/mol. The first-order valence-electron chi connectivity index (χ1n) is 8.79. The molecule has 0 aliphatic carbocycles. The Kier molecular flexibility index (Phi) is 7.92. The number of benzene rings is 2. The quantitative estimate of drug-likeness (QED) is 0.490. The van der Waals surface area contributed by atoms with E-state index in [1.807, 2.05) is 0 Å². The molecule has 0 heterocycles. The number of esters is 2. The number of methoxy groups -OCH3 is 2. The van der Waals surface area contributed by atoms with Crippen LogP contribution in [0, 0.1) is 0 Å². The van der Waals surface area contributed by atoms with Gasteiger partial charge < -0.3 is 24.3 Å². The van der Waals surface area contributed by atoms with E-state index in [2.05, 4.69) is 10.1 Å². The van der Waals surface area contributed by atoms with Crippen molar-refractivity contribution in [3.8, 4) is 11.5 Å². The number of hydrogen-bond acceptors (Lipinski definition) is 8. The molecule has 0 aliphatic heterocycles. The molecule has 1 N–H and O–H groups in total. The monoisotopic (exact) mass is 415 g/mol. The van der Waals surface area contributed by atoms with Gasteiger partial charge in [-0.3, -0.25) is 9.59 Å². The summed E-state index contributed by atoms with van der Waals surface area (Å²) in [5.74, 6) is -1.49. The van der Waals surface area contributed by atoms with Crippen molar-refractivity contribution in [3.63, 3.8) is 0 Å². The van der Waals surface area contributed by atoms with Crippen LogP contribution in [0.2, 0.25) is 0 Å². The lowest BCUT2D eigenvalue weighted by Gasteiger charge is -2.11. The van der Waals surface area contributed by atoms with Crippen molar-refractivity contribution in [2.75, 3.05) is 32.8 Å². The SMILES string of the molecule is COC(=O)c1cccc(NC(=O)COC(=O)COc2ccc(C(C)=O)cc2OC)c1. The van der Waals surface area contributed by atoms with E-state index < -0.39 is 31.1 Å². The smallest absolute Gasteiger partial charge is 0.344 e. The zero-order valence-electron chi connectivity index (χ0n) is 16.7. The minimum Gasteiger partial charge on any atom is -0.493 e. The van der Waals surface area contributed by atoms with Crippen LogP contribution >= 0.6 is 0 Å². The lowest BCUT2D eigenvalue weighted by atomic mass is 10.1. The highest BCUT2D eigenvalue weighted by molar-refractivity contribution is 5.96. The number of ketones is 1. The number of hydrogen-bond donors (Lipinski definition) is 1. The molecular formula is C21H21NO8. The molecule has 0 fully saturated rings. The van der Waals surface area contributed by atoms with Crippen LogP contribution in [0.3, 0.4) is 0 Å². The molecule has 30 heavy (non-hydrogen) atoms. The number of Topliss-reactive ketones (excluding diaryl/α,β-unsaturated/α-hetero) is 1. The summed E-state index contributed by atoms with van der Waals surface area (Å²) in [5, 5.41) is 2.51. The molecule has 1 amide bonds. The third kappa shape index (κ3) is 6.33. The van der Waals surface area contributed by atoms with Crippen molar-refractivity contribution >= 4 is 29.3 Å². The Hall–Kier alpha value is -3.88. The fourth-order valence-corrected chi connectivity index (χ4v) is 2.37. The summed E-state index contributed by atoms with van der Waals surface area (Å²) in [5.41, 5.74) is 1.06. The van der Waals surface area contributed by atoms with Crippen LogP contribution in [-0.4, -0.2) is 51.1 Å². The Balaban J connectivity index is 1.84. The van der Waals surface area contributed by atoms with Crippen molar-refractivity contribution in [1.82, 2.24) is 0 Å². The van der Waals surface area contributed by atoms with Gasteiger partial charge in [0, 0.05) is 11.3 Å². The van der Waals surface area contributed by atoms with Crippen molar-refractivity contribution in [1.29, 1.82) is 0 Å². The lowest BCUT2D eigenvalue weighted by Crippen LogP contribution is -2.23. The van der Waals surface area contributed by atoms with Crippen molar-refractivity contribution < 1.29 is 38.1 Å². The number of ether oxygens (including phenoxy) is 4. The highest BCUT2D eigenvalue weighted by atomic mass is 16.6. The van der Waals surface area contributed by atoms with Crippen molar-refractivity contribution in [3.05, 3.63) is 53.6 Å². The predicted octanol–water partition coefficient (Wildman–Crippen LogP) is 2.25. The lowest BCUT2D eigenvalue weighted by molar-refractivity contribution is -0.149. The van der Waals surface area contributed by atoms with Crippen LogP contribution in [0.5, 0.6) is 11.5 Å². The van der Waals surface area contributed by atoms with E-state index in [-0.39, 0.29) is 17.1 Å². The van der Waals surface area contributed by atoms with Crippen LogP contribution < -0.4 is 14.8 Å². The fraction of sp³-hybridized carbons (Fsp3) is 0.238. The first-order valence-corrected chi connectivity index (χ1v) is 8.79. The number of amides is 1. The molecule has 2 aromatic rings. The van der Waals surface area contributed by atoms with E-state index in [9.17, 15) is 19.2 Å². The van der Waals surface area contributed by atoms with Crippen LogP contribution in [0.15, 0.2) is 42.5 Å². The van der Waals surface area contributed by atoms with E-state index in [0.717, 1.165) is 0 Å². The Bertz CT molecular complexity index is 954. The molecule has 2 aromatic carbocycles. The van der Waals surface area contributed by atoms with Crippen LogP contribution in [0.4, 0.5) is 5.69 Å². The molecule has 0 radical (unpaired) electrons. The van der Waals surface area contributed by atoms with Gasteiger partial charge in [-0.15, -0.1) is 0 Å². The number of carbonyl (C=O) groups is 4. The largest absolute Gasteiger partial charge is 0.493 e. The second-order valence-electron chi connectivity index (χ2n) is 5.99. The van der Waals surface area contributed by atoms with Gasteiger partial charge in [-0.2, -0.15) is 0 Å². The summed E-state index contributed by atoms with van der Waals surface area (Å²) in [6, 6.07) is 10.7. The Morgan fingerprint density at radius 2 is 1.67 bits per heavy atom. The van der Waals surface area contributed by atoms with E-state index in [1.165, 1.54) is 45.4 Å². The average molecular weight is 415 g/mol. The van der Waals surface area contributed by atoms with Gasteiger partial charge in [0.15, 0.2) is 30.5 Å². The van der Waals surface area contributed by atoms with E-state index in [4.69, 9.17) is 14.2 Å². The zero-order chi connectivity index (χ0) is 22.1. The normalized spacial score (nSPS) is 9.97. The zero-order valence-corrected chi connectivity index (χ0v) is 16.7.